The molecule has 0 amide bonds. The first-order valence-corrected chi connectivity index (χ1v) is 13.4. The summed E-state index contributed by atoms with van der Waals surface area (Å²) in [7, 11) is -1.23. The van der Waals surface area contributed by atoms with E-state index in [-0.39, 0.29) is 24.2 Å². The third-order valence-corrected chi connectivity index (χ3v) is 7.62. The average molecular weight is 492 g/mol. The molecule has 10 nitrogen and oxygen atoms in total. The van der Waals surface area contributed by atoms with Crippen LogP contribution in [0.3, 0.4) is 0 Å². The van der Waals surface area contributed by atoms with Crippen LogP contribution in [0.2, 0.25) is 0 Å². The maximum Gasteiger partial charge on any atom is 0.164 e. The van der Waals surface area contributed by atoms with Gasteiger partial charge in [-0.1, -0.05) is 12.1 Å². The SMILES string of the molecule is CNCC(O)COc1cccc(-c2nc(NC3CCOC3)c(C)c(N3CCS(=O)(=O)CC3)n2)c1. The second kappa shape index (κ2) is 10.9. The van der Waals surface area contributed by atoms with E-state index >= 15 is 0 Å². The minimum atomic E-state index is -3.01. The van der Waals surface area contributed by atoms with Crippen molar-refractivity contribution >= 4 is 21.5 Å². The molecule has 1 aromatic heterocycles. The number of ether oxygens (including phenoxy) is 2. The van der Waals surface area contributed by atoms with Crippen LogP contribution < -0.4 is 20.3 Å². The Bertz CT molecular complexity index is 1080. The zero-order valence-electron chi connectivity index (χ0n) is 19.7. The van der Waals surface area contributed by atoms with Crippen molar-refractivity contribution in [2.75, 3.05) is 68.2 Å². The van der Waals surface area contributed by atoms with E-state index in [1.54, 1.807) is 7.05 Å². The van der Waals surface area contributed by atoms with E-state index in [1.165, 1.54) is 0 Å². The molecule has 4 rings (SSSR count). The van der Waals surface area contributed by atoms with Gasteiger partial charge in [0.25, 0.3) is 0 Å². The van der Waals surface area contributed by atoms with E-state index in [1.807, 2.05) is 36.1 Å². The maximum atomic E-state index is 12.0. The number of sulfone groups is 1. The lowest BCUT2D eigenvalue weighted by Gasteiger charge is -2.30. The first-order valence-electron chi connectivity index (χ1n) is 11.6. The van der Waals surface area contributed by atoms with Crippen molar-refractivity contribution in [3.05, 3.63) is 29.8 Å². The highest BCUT2D eigenvalue weighted by molar-refractivity contribution is 7.91. The highest BCUT2D eigenvalue weighted by Crippen LogP contribution is 2.31. The van der Waals surface area contributed by atoms with Crippen LogP contribution in [-0.2, 0) is 14.6 Å². The molecule has 11 heteroatoms. The predicted octanol–water partition coefficient (Wildman–Crippen LogP) is 0.847. The fourth-order valence-corrected chi connectivity index (χ4v) is 5.26. The average Bonchev–Trinajstić information content (AvgIpc) is 3.33. The summed E-state index contributed by atoms with van der Waals surface area (Å²) in [5.41, 5.74) is 1.66. The molecule has 2 fully saturated rings. The molecule has 34 heavy (non-hydrogen) atoms. The summed E-state index contributed by atoms with van der Waals surface area (Å²) in [6.07, 6.45) is 0.282. The van der Waals surface area contributed by atoms with Crippen molar-refractivity contribution in [2.45, 2.75) is 25.5 Å². The van der Waals surface area contributed by atoms with Crippen LogP contribution >= 0.6 is 0 Å². The highest BCUT2D eigenvalue weighted by atomic mass is 32.2. The number of benzene rings is 1. The van der Waals surface area contributed by atoms with Gasteiger partial charge in [-0.3, -0.25) is 0 Å². The molecule has 0 radical (unpaired) electrons. The maximum absolute atomic E-state index is 12.0. The first kappa shape index (κ1) is 24.6. The van der Waals surface area contributed by atoms with Gasteiger partial charge in [-0.05, 0) is 32.5 Å². The lowest BCUT2D eigenvalue weighted by molar-refractivity contribution is 0.108. The molecule has 2 aromatic rings. The Labute approximate surface area is 200 Å². The van der Waals surface area contributed by atoms with Crippen LogP contribution in [0.5, 0.6) is 5.75 Å². The van der Waals surface area contributed by atoms with Crippen molar-refractivity contribution in [1.82, 2.24) is 15.3 Å². The van der Waals surface area contributed by atoms with Crippen LogP contribution in [0.1, 0.15) is 12.0 Å². The first-order chi connectivity index (χ1) is 16.3. The molecule has 1 aromatic carbocycles. The minimum Gasteiger partial charge on any atom is -0.491 e. The smallest absolute Gasteiger partial charge is 0.164 e. The van der Waals surface area contributed by atoms with E-state index in [0.717, 1.165) is 29.2 Å². The van der Waals surface area contributed by atoms with Crippen molar-refractivity contribution in [3.8, 4) is 17.1 Å². The van der Waals surface area contributed by atoms with E-state index < -0.39 is 15.9 Å². The quantitative estimate of drug-likeness (QED) is 0.465. The number of aliphatic hydroxyl groups excluding tert-OH is 1. The zero-order chi connectivity index (χ0) is 24.1. The number of nitrogens with one attached hydrogen (secondary N) is 2. The summed E-state index contributed by atoms with van der Waals surface area (Å²) in [5, 5.41) is 16.3. The highest BCUT2D eigenvalue weighted by Gasteiger charge is 2.26. The summed E-state index contributed by atoms with van der Waals surface area (Å²) in [5.74, 6) is 2.82. The second-order valence-electron chi connectivity index (χ2n) is 8.74. The van der Waals surface area contributed by atoms with Crippen molar-refractivity contribution in [1.29, 1.82) is 0 Å². The van der Waals surface area contributed by atoms with E-state index in [0.29, 0.717) is 44.4 Å². The topological polar surface area (TPSA) is 126 Å². The summed E-state index contributed by atoms with van der Waals surface area (Å²) >= 11 is 0. The van der Waals surface area contributed by atoms with E-state index in [2.05, 4.69) is 10.6 Å². The Morgan fingerprint density at radius 3 is 2.79 bits per heavy atom. The molecule has 186 valence electrons. The standard InChI is InChI=1S/C23H33N5O5S/c1-16-21(25-18-6-9-32-14-18)26-22(27-23(16)28-7-10-34(30,31)11-8-28)17-4-3-5-20(12-17)33-15-19(29)13-24-2/h3-5,12,18-19,24,29H,6-11,13-15H2,1-2H3,(H,25,26,27). The largest absolute Gasteiger partial charge is 0.491 e. The molecule has 2 atom stereocenters. The van der Waals surface area contributed by atoms with Gasteiger partial charge < -0.3 is 30.1 Å². The molecule has 0 spiro atoms. The monoisotopic (exact) mass is 491 g/mol. The number of aromatic nitrogens is 2. The van der Waals surface area contributed by atoms with Crippen LogP contribution in [0.4, 0.5) is 11.6 Å². The molecule has 2 aliphatic heterocycles. The number of hydrogen-bond acceptors (Lipinski definition) is 10. The molecule has 2 aliphatic rings. The van der Waals surface area contributed by atoms with Gasteiger partial charge in [0.15, 0.2) is 15.7 Å². The Hall–Kier alpha value is -2.47. The van der Waals surface area contributed by atoms with Crippen LogP contribution in [-0.4, -0.2) is 93.6 Å². The third-order valence-electron chi connectivity index (χ3n) is 6.01. The van der Waals surface area contributed by atoms with Gasteiger partial charge in [0.2, 0.25) is 0 Å². The fraction of sp³-hybridized carbons (Fsp3) is 0.565. The number of rotatable bonds is 9. The zero-order valence-corrected chi connectivity index (χ0v) is 20.5. The lowest BCUT2D eigenvalue weighted by atomic mass is 10.1. The minimum absolute atomic E-state index is 0.114. The summed E-state index contributed by atoms with van der Waals surface area (Å²) < 4.78 is 35.2. The van der Waals surface area contributed by atoms with Gasteiger partial charge in [0.05, 0.1) is 24.2 Å². The molecular formula is C23H33N5O5S. The molecule has 3 heterocycles. The Kier molecular flexibility index (Phi) is 7.87. The van der Waals surface area contributed by atoms with Gasteiger partial charge >= 0.3 is 0 Å². The number of anilines is 2. The number of aliphatic hydroxyl groups is 1. The van der Waals surface area contributed by atoms with Crippen LogP contribution in [0, 0.1) is 6.92 Å². The third kappa shape index (κ3) is 6.15. The van der Waals surface area contributed by atoms with Gasteiger partial charge in [-0.2, -0.15) is 0 Å². The number of likely N-dealkylation sites (N-methyl/N-ethyl adjacent to an activating group) is 1. The van der Waals surface area contributed by atoms with E-state index in [4.69, 9.17) is 19.4 Å². The molecule has 2 unspecified atom stereocenters. The number of nitrogens with zero attached hydrogens (tertiary/aromatic N) is 3. The van der Waals surface area contributed by atoms with Crippen molar-refractivity contribution in [2.24, 2.45) is 0 Å². The molecule has 0 saturated carbocycles. The van der Waals surface area contributed by atoms with Crippen molar-refractivity contribution < 1.29 is 23.0 Å². The normalized spacial score (nSPS) is 20.8. The molecule has 0 bridgehead atoms. The number of hydrogen-bond donors (Lipinski definition) is 3. The molecule has 3 N–H and O–H groups in total. The Morgan fingerprint density at radius 1 is 1.29 bits per heavy atom. The lowest BCUT2D eigenvalue weighted by Crippen LogP contribution is -2.41. The molecular weight excluding hydrogens is 458 g/mol. The fourth-order valence-electron chi connectivity index (χ4n) is 4.06. The molecule has 2 saturated heterocycles. The Morgan fingerprint density at radius 2 is 2.09 bits per heavy atom. The predicted molar refractivity (Wildman–Crippen MR) is 131 cm³/mol. The Balaban J connectivity index is 1.64. The van der Waals surface area contributed by atoms with Crippen molar-refractivity contribution in [3.63, 3.8) is 0 Å². The summed E-state index contributed by atoms with van der Waals surface area (Å²) in [6, 6.07) is 7.62. The van der Waals surface area contributed by atoms with Gasteiger partial charge in [0, 0.05) is 37.4 Å². The van der Waals surface area contributed by atoms with E-state index in [9.17, 15) is 13.5 Å². The van der Waals surface area contributed by atoms with Gasteiger partial charge in [-0.15, -0.1) is 0 Å². The van der Waals surface area contributed by atoms with Crippen LogP contribution in [0.15, 0.2) is 24.3 Å². The molecule has 0 aliphatic carbocycles. The summed E-state index contributed by atoms with van der Waals surface area (Å²) in [4.78, 5) is 11.7. The van der Waals surface area contributed by atoms with Crippen LogP contribution in [0.25, 0.3) is 11.4 Å². The van der Waals surface area contributed by atoms with Gasteiger partial charge in [0.1, 0.15) is 30.1 Å². The van der Waals surface area contributed by atoms with Gasteiger partial charge in [-0.25, -0.2) is 18.4 Å². The summed E-state index contributed by atoms with van der Waals surface area (Å²) in [6.45, 7) is 4.70. The second-order valence-corrected chi connectivity index (χ2v) is 11.0.